The lowest BCUT2D eigenvalue weighted by atomic mass is 9.77. The first-order chi connectivity index (χ1) is 8.02. The molecular weight excluding hydrogens is 227 g/mol. The second-order valence-electron chi connectivity index (χ2n) is 4.58. The first kappa shape index (κ1) is 12.4. The minimum atomic E-state index is -4.26. The third-order valence-corrected chi connectivity index (χ3v) is 3.51. The first-order valence-corrected chi connectivity index (χ1v) is 5.87. The van der Waals surface area contributed by atoms with Crippen LogP contribution in [0.15, 0.2) is 24.3 Å². The van der Waals surface area contributed by atoms with E-state index >= 15 is 0 Å². The van der Waals surface area contributed by atoms with Crippen LogP contribution in [-0.2, 0) is 6.18 Å². The lowest BCUT2D eigenvalue weighted by Crippen LogP contribution is -2.29. The molecule has 17 heavy (non-hydrogen) atoms. The maximum Gasteiger partial charge on any atom is 0.416 e. The number of nitrogens with one attached hydrogen (secondary N) is 1. The fourth-order valence-electron chi connectivity index (χ4n) is 2.36. The van der Waals surface area contributed by atoms with Gasteiger partial charge in [-0.3, -0.25) is 0 Å². The second kappa shape index (κ2) is 4.69. The van der Waals surface area contributed by atoms with Crippen LogP contribution in [0.25, 0.3) is 0 Å². The van der Waals surface area contributed by atoms with Crippen molar-refractivity contribution in [1.29, 1.82) is 0 Å². The van der Waals surface area contributed by atoms with Crippen LogP contribution < -0.4 is 5.32 Å². The molecule has 1 atom stereocenters. The minimum absolute atomic E-state index is 0.0473. The van der Waals surface area contributed by atoms with Gasteiger partial charge in [-0.25, -0.2) is 0 Å². The van der Waals surface area contributed by atoms with E-state index in [1.807, 2.05) is 7.05 Å². The molecule has 1 nitrogen and oxygen atoms in total. The predicted molar refractivity (Wildman–Crippen MR) is 60.6 cm³/mol. The molecule has 0 saturated heterocycles. The van der Waals surface area contributed by atoms with Crippen molar-refractivity contribution in [2.45, 2.75) is 31.5 Å². The molecule has 0 radical (unpaired) electrons. The summed E-state index contributed by atoms with van der Waals surface area (Å²) in [5.41, 5.74) is 0.182. The van der Waals surface area contributed by atoms with Crippen molar-refractivity contribution in [2.24, 2.45) is 5.92 Å². The van der Waals surface area contributed by atoms with E-state index in [-0.39, 0.29) is 6.04 Å². The van der Waals surface area contributed by atoms with Gasteiger partial charge in [-0.05, 0) is 43.5 Å². The van der Waals surface area contributed by atoms with Gasteiger partial charge in [-0.1, -0.05) is 18.6 Å². The summed E-state index contributed by atoms with van der Waals surface area (Å²) in [4.78, 5) is 0. The van der Waals surface area contributed by atoms with Gasteiger partial charge < -0.3 is 5.32 Å². The summed E-state index contributed by atoms with van der Waals surface area (Å²) in [5, 5.41) is 3.13. The zero-order valence-corrected chi connectivity index (χ0v) is 9.72. The van der Waals surface area contributed by atoms with Crippen LogP contribution in [0.2, 0.25) is 0 Å². The summed E-state index contributed by atoms with van der Waals surface area (Å²) >= 11 is 0. The Morgan fingerprint density at radius 2 is 2.00 bits per heavy atom. The monoisotopic (exact) mass is 243 g/mol. The molecule has 4 heteroatoms. The van der Waals surface area contributed by atoms with Gasteiger partial charge in [0, 0.05) is 6.04 Å². The predicted octanol–water partition coefficient (Wildman–Crippen LogP) is 3.77. The van der Waals surface area contributed by atoms with E-state index in [4.69, 9.17) is 0 Å². The van der Waals surface area contributed by atoms with E-state index in [1.165, 1.54) is 18.6 Å². The van der Waals surface area contributed by atoms with Crippen molar-refractivity contribution in [1.82, 2.24) is 5.32 Å². The number of alkyl halides is 3. The minimum Gasteiger partial charge on any atom is -0.313 e. The summed E-state index contributed by atoms with van der Waals surface area (Å²) in [5.74, 6) is 0.475. The Balaban J connectivity index is 2.25. The molecule has 0 aliphatic heterocycles. The Bertz CT molecular complexity index is 382. The third kappa shape index (κ3) is 2.63. The molecule has 0 heterocycles. The largest absolute Gasteiger partial charge is 0.416 e. The molecule has 1 unspecified atom stereocenters. The molecular formula is C13H16F3N. The van der Waals surface area contributed by atoms with E-state index in [2.05, 4.69) is 5.32 Å². The van der Waals surface area contributed by atoms with Crippen LogP contribution in [0.4, 0.5) is 13.2 Å². The lowest BCUT2D eigenvalue weighted by Gasteiger charge is -2.34. The van der Waals surface area contributed by atoms with E-state index in [0.29, 0.717) is 5.92 Å². The number of halogens is 3. The molecule has 2 rings (SSSR count). The summed E-state index contributed by atoms with van der Waals surface area (Å²) in [6.45, 7) is 0. The van der Waals surface area contributed by atoms with E-state index in [0.717, 1.165) is 24.5 Å². The number of hydrogen-bond donors (Lipinski definition) is 1. The molecule has 0 aromatic heterocycles. The van der Waals surface area contributed by atoms with Crippen LogP contribution in [0, 0.1) is 5.92 Å². The molecule has 94 valence electrons. The average molecular weight is 243 g/mol. The molecule has 1 N–H and O–H groups in total. The highest BCUT2D eigenvalue weighted by atomic mass is 19.4. The molecule has 1 aliphatic rings. The van der Waals surface area contributed by atoms with E-state index < -0.39 is 11.7 Å². The Kier molecular flexibility index (Phi) is 3.43. The van der Waals surface area contributed by atoms with Gasteiger partial charge in [0.15, 0.2) is 0 Å². The number of rotatable bonds is 3. The fourth-order valence-corrected chi connectivity index (χ4v) is 2.36. The first-order valence-electron chi connectivity index (χ1n) is 5.87. The summed E-state index contributed by atoms with van der Waals surface area (Å²) in [6.07, 6.45) is -0.876. The highest BCUT2D eigenvalue weighted by Crippen LogP contribution is 2.39. The van der Waals surface area contributed by atoms with Crippen LogP contribution >= 0.6 is 0 Å². The van der Waals surface area contributed by atoms with Gasteiger partial charge in [0.25, 0.3) is 0 Å². The fraction of sp³-hybridized carbons (Fsp3) is 0.538. The summed E-state index contributed by atoms with van der Waals surface area (Å²) < 4.78 is 37.8. The van der Waals surface area contributed by atoms with Crippen molar-refractivity contribution in [3.8, 4) is 0 Å². The van der Waals surface area contributed by atoms with Gasteiger partial charge >= 0.3 is 6.18 Å². The van der Waals surface area contributed by atoms with Gasteiger partial charge in [0.05, 0.1) is 5.56 Å². The zero-order valence-electron chi connectivity index (χ0n) is 9.72. The highest BCUT2D eigenvalue weighted by Gasteiger charge is 2.32. The third-order valence-electron chi connectivity index (χ3n) is 3.51. The average Bonchev–Trinajstić information content (AvgIpc) is 2.22. The van der Waals surface area contributed by atoms with Crippen LogP contribution in [0.1, 0.15) is 36.4 Å². The number of hydrogen-bond acceptors (Lipinski definition) is 1. The van der Waals surface area contributed by atoms with Crippen LogP contribution in [0.5, 0.6) is 0 Å². The SMILES string of the molecule is CNC(c1cccc(C(F)(F)F)c1)C1CCC1. The molecule has 0 amide bonds. The number of benzene rings is 1. The Morgan fingerprint density at radius 3 is 2.47 bits per heavy atom. The van der Waals surface area contributed by atoms with Gasteiger partial charge in [0.1, 0.15) is 0 Å². The molecule has 1 saturated carbocycles. The van der Waals surface area contributed by atoms with Crippen molar-refractivity contribution in [3.05, 3.63) is 35.4 Å². The van der Waals surface area contributed by atoms with E-state index in [1.54, 1.807) is 6.07 Å². The van der Waals surface area contributed by atoms with Gasteiger partial charge in [-0.15, -0.1) is 0 Å². The van der Waals surface area contributed by atoms with Gasteiger partial charge in [-0.2, -0.15) is 13.2 Å². The maximum atomic E-state index is 12.6. The molecule has 0 bridgehead atoms. The van der Waals surface area contributed by atoms with Crippen LogP contribution in [-0.4, -0.2) is 7.05 Å². The molecule has 1 aliphatic carbocycles. The standard InChI is InChI=1S/C13H16F3N/c1-17-12(9-4-2-5-9)10-6-3-7-11(8-10)13(14,15)16/h3,6-9,12,17H,2,4-5H2,1H3. The van der Waals surface area contributed by atoms with Crippen LogP contribution in [0.3, 0.4) is 0 Å². The Hall–Kier alpha value is -1.03. The topological polar surface area (TPSA) is 12.0 Å². The molecule has 1 aromatic rings. The highest BCUT2D eigenvalue weighted by molar-refractivity contribution is 5.28. The van der Waals surface area contributed by atoms with Crippen molar-refractivity contribution in [3.63, 3.8) is 0 Å². The van der Waals surface area contributed by atoms with Crippen molar-refractivity contribution in [2.75, 3.05) is 7.05 Å². The van der Waals surface area contributed by atoms with Gasteiger partial charge in [0.2, 0.25) is 0 Å². The second-order valence-corrected chi connectivity index (χ2v) is 4.58. The normalized spacial score (nSPS) is 18.8. The lowest BCUT2D eigenvalue weighted by molar-refractivity contribution is -0.137. The quantitative estimate of drug-likeness (QED) is 0.852. The summed E-state index contributed by atoms with van der Waals surface area (Å²) in [7, 11) is 1.81. The Labute approximate surface area is 99.0 Å². The smallest absolute Gasteiger partial charge is 0.313 e. The molecule has 0 spiro atoms. The van der Waals surface area contributed by atoms with E-state index in [9.17, 15) is 13.2 Å². The van der Waals surface area contributed by atoms with Crippen molar-refractivity contribution >= 4 is 0 Å². The zero-order chi connectivity index (χ0) is 12.5. The molecule has 1 aromatic carbocycles. The maximum absolute atomic E-state index is 12.6. The van der Waals surface area contributed by atoms with Crippen molar-refractivity contribution < 1.29 is 13.2 Å². The molecule has 1 fully saturated rings. The summed E-state index contributed by atoms with van der Waals surface area (Å²) in [6, 6.07) is 5.69. The Morgan fingerprint density at radius 1 is 1.29 bits per heavy atom.